The summed E-state index contributed by atoms with van der Waals surface area (Å²) in [5, 5.41) is 4.03. The fourth-order valence-electron chi connectivity index (χ4n) is 1.67. The average molecular weight is 251 g/mol. The topological polar surface area (TPSA) is 55.9 Å². The first-order valence-electron chi connectivity index (χ1n) is 5.42. The van der Waals surface area contributed by atoms with Gasteiger partial charge in [-0.15, -0.1) is 0 Å². The Hall–Kier alpha value is -1.68. The molecule has 3 N–H and O–H groups in total. The minimum Gasteiger partial charge on any atom is -0.397 e. The largest absolute Gasteiger partial charge is 0.397 e. The van der Waals surface area contributed by atoms with Gasteiger partial charge >= 0.3 is 0 Å². The quantitative estimate of drug-likeness (QED) is 0.820. The average Bonchev–Trinajstić information content (AvgIpc) is 2.81. The van der Waals surface area contributed by atoms with E-state index in [1.807, 2.05) is 29.8 Å². The Kier molecular flexibility index (Phi) is 3.54. The third kappa shape index (κ3) is 2.71. The summed E-state index contributed by atoms with van der Waals surface area (Å²) in [5.74, 6) is 0. The maximum Gasteiger partial charge on any atom is 0.0946 e. The molecule has 2 rings (SSSR count). The molecule has 0 bridgehead atoms. The molecule has 0 aliphatic carbocycles. The van der Waals surface area contributed by atoms with Crippen LogP contribution in [0.15, 0.2) is 30.9 Å². The second kappa shape index (κ2) is 5.10. The van der Waals surface area contributed by atoms with E-state index in [0.29, 0.717) is 0 Å². The van der Waals surface area contributed by atoms with E-state index in [0.717, 1.165) is 35.1 Å². The SMILES string of the molecule is Cc1c(Cl)ccc(N)c1NCCn1ccnc1. The van der Waals surface area contributed by atoms with E-state index in [1.165, 1.54) is 0 Å². The molecule has 0 aliphatic rings. The molecule has 90 valence electrons. The van der Waals surface area contributed by atoms with Crippen LogP contribution >= 0.6 is 11.6 Å². The van der Waals surface area contributed by atoms with Crippen molar-refractivity contribution >= 4 is 23.0 Å². The Bertz CT molecular complexity index is 493. The molecule has 0 radical (unpaired) electrons. The van der Waals surface area contributed by atoms with Gasteiger partial charge in [0.2, 0.25) is 0 Å². The van der Waals surface area contributed by atoms with Gasteiger partial charge in [-0.3, -0.25) is 0 Å². The maximum atomic E-state index is 6.05. The molecule has 0 atom stereocenters. The predicted octanol–water partition coefficient (Wildman–Crippen LogP) is 2.54. The zero-order valence-electron chi connectivity index (χ0n) is 9.65. The molecule has 2 aromatic rings. The number of benzene rings is 1. The number of hydrogen-bond acceptors (Lipinski definition) is 3. The lowest BCUT2D eigenvalue weighted by Crippen LogP contribution is -2.11. The summed E-state index contributed by atoms with van der Waals surface area (Å²) in [5.41, 5.74) is 8.53. The molecule has 0 aliphatic heterocycles. The number of halogens is 1. The summed E-state index contributed by atoms with van der Waals surface area (Å²) >= 11 is 6.05. The van der Waals surface area contributed by atoms with Crippen molar-refractivity contribution in [1.29, 1.82) is 0 Å². The minimum absolute atomic E-state index is 0.720. The molecular weight excluding hydrogens is 236 g/mol. The summed E-state index contributed by atoms with van der Waals surface area (Å²) in [6.07, 6.45) is 5.48. The van der Waals surface area contributed by atoms with Gasteiger partial charge in [-0.2, -0.15) is 0 Å². The van der Waals surface area contributed by atoms with Crippen molar-refractivity contribution in [3.63, 3.8) is 0 Å². The number of nitrogens with zero attached hydrogens (tertiary/aromatic N) is 2. The van der Waals surface area contributed by atoms with E-state index >= 15 is 0 Å². The number of nitrogens with one attached hydrogen (secondary N) is 1. The van der Waals surface area contributed by atoms with E-state index in [9.17, 15) is 0 Å². The normalized spacial score (nSPS) is 10.5. The molecule has 1 aromatic carbocycles. The summed E-state index contributed by atoms with van der Waals surface area (Å²) in [7, 11) is 0. The molecule has 17 heavy (non-hydrogen) atoms. The third-order valence-electron chi connectivity index (χ3n) is 2.66. The molecule has 5 heteroatoms. The summed E-state index contributed by atoms with van der Waals surface area (Å²) in [6.45, 7) is 3.57. The smallest absolute Gasteiger partial charge is 0.0946 e. The lowest BCUT2D eigenvalue weighted by molar-refractivity contribution is 0.727. The monoisotopic (exact) mass is 250 g/mol. The number of hydrogen-bond donors (Lipinski definition) is 2. The van der Waals surface area contributed by atoms with Crippen molar-refractivity contribution in [3.8, 4) is 0 Å². The number of nitrogen functional groups attached to an aromatic ring is 1. The summed E-state index contributed by atoms with van der Waals surface area (Å²) < 4.78 is 2.00. The Balaban J connectivity index is 2.01. The molecule has 4 nitrogen and oxygen atoms in total. The Morgan fingerprint density at radius 3 is 3.00 bits per heavy atom. The van der Waals surface area contributed by atoms with Gasteiger partial charge in [-0.1, -0.05) is 11.6 Å². The zero-order valence-corrected chi connectivity index (χ0v) is 10.4. The molecule has 0 saturated heterocycles. The zero-order chi connectivity index (χ0) is 12.3. The molecule has 1 aromatic heterocycles. The number of imidazole rings is 1. The van der Waals surface area contributed by atoms with Gasteiger partial charge in [0.15, 0.2) is 0 Å². The van der Waals surface area contributed by atoms with Crippen molar-refractivity contribution < 1.29 is 0 Å². The van der Waals surface area contributed by atoms with Gasteiger partial charge < -0.3 is 15.6 Å². The fraction of sp³-hybridized carbons (Fsp3) is 0.250. The third-order valence-corrected chi connectivity index (χ3v) is 3.07. The Morgan fingerprint density at radius 2 is 2.29 bits per heavy atom. The van der Waals surface area contributed by atoms with E-state index in [2.05, 4.69) is 10.3 Å². The van der Waals surface area contributed by atoms with E-state index in [1.54, 1.807) is 12.5 Å². The van der Waals surface area contributed by atoms with Crippen LogP contribution in [0.4, 0.5) is 11.4 Å². The number of nitrogens with two attached hydrogens (primary N) is 1. The van der Waals surface area contributed by atoms with E-state index in [4.69, 9.17) is 17.3 Å². The van der Waals surface area contributed by atoms with E-state index in [-0.39, 0.29) is 0 Å². The first-order valence-corrected chi connectivity index (χ1v) is 5.80. The minimum atomic E-state index is 0.720. The van der Waals surface area contributed by atoms with Crippen molar-refractivity contribution in [2.24, 2.45) is 0 Å². The van der Waals surface area contributed by atoms with Crippen LogP contribution in [-0.2, 0) is 6.54 Å². The highest BCUT2D eigenvalue weighted by Gasteiger charge is 2.05. The lowest BCUT2D eigenvalue weighted by atomic mass is 10.1. The Labute approximate surface area is 105 Å². The number of rotatable bonds is 4. The van der Waals surface area contributed by atoms with Crippen LogP contribution in [0.3, 0.4) is 0 Å². The van der Waals surface area contributed by atoms with Crippen LogP contribution in [0.2, 0.25) is 5.02 Å². The molecule has 0 amide bonds. The molecule has 0 spiro atoms. The molecular formula is C12H15ClN4. The number of anilines is 2. The first kappa shape index (κ1) is 11.8. The van der Waals surface area contributed by atoms with Crippen molar-refractivity contribution in [1.82, 2.24) is 9.55 Å². The predicted molar refractivity (Wildman–Crippen MR) is 71.3 cm³/mol. The molecule has 0 fully saturated rings. The van der Waals surface area contributed by atoms with Gasteiger partial charge in [0.05, 0.1) is 17.7 Å². The standard InChI is InChI=1S/C12H15ClN4/c1-9-10(13)2-3-11(14)12(9)16-5-7-17-6-4-15-8-17/h2-4,6,8,16H,5,7,14H2,1H3. The maximum absolute atomic E-state index is 6.05. The summed E-state index contributed by atoms with van der Waals surface area (Å²) in [6, 6.07) is 3.63. The first-order chi connectivity index (χ1) is 8.18. The second-order valence-electron chi connectivity index (χ2n) is 3.86. The second-order valence-corrected chi connectivity index (χ2v) is 4.27. The highest BCUT2D eigenvalue weighted by atomic mass is 35.5. The number of aromatic nitrogens is 2. The molecule has 1 heterocycles. The highest BCUT2D eigenvalue weighted by molar-refractivity contribution is 6.31. The van der Waals surface area contributed by atoms with Gasteiger partial charge in [-0.25, -0.2) is 4.98 Å². The molecule has 0 unspecified atom stereocenters. The van der Waals surface area contributed by atoms with Gasteiger partial charge in [0, 0.05) is 30.5 Å². The van der Waals surface area contributed by atoms with Crippen LogP contribution in [-0.4, -0.2) is 16.1 Å². The van der Waals surface area contributed by atoms with Crippen LogP contribution in [0, 0.1) is 6.92 Å². The van der Waals surface area contributed by atoms with Crippen LogP contribution < -0.4 is 11.1 Å². The van der Waals surface area contributed by atoms with Crippen LogP contribution in [0.25, 0.3) is 0 Å². The van der Waals surface area contributed by atoms with E-state index < -0.39 is 0 Å². The van der Waals surface area contributed by atoms with Gasteiger partial charge in [0.25, 0.3) is 0 Å². The van der Waals surface area contributed by atoms with Crippen LogP contribution in [0.1, 0.15) is 5.56 Å². The van der Waals surface area contributed by atoms with Gasteiger partial charge in [0.1, 0.15) is 0 Å². The van der Waals surface area contributed by atoms with Gasteiger partial charge in [-0.05, 0) is 24.6 Å². The highest BCUT2D eigenvalue weighted by Crippen LogP contribution is 2.28. The van der Waals surface area contributed by atoms with Crippen molar-refractivity contribution in [2.45, 2.75) is 13.5 Å². The molecule has 0 saturated carbocycles. The lowest BCUT2D eigenvalue weighted by Gasteiger charge is -2.13. The van der Waals surface area contributed by atoms with Crippen LogP contribution in [0.5, 0.6) is 0 Å². The Morgan fingerprint density at radius 1 is 1.47 bits per heavy atom. The summed E-state index contributed by atoms with van der Waals surface area (Å²) in [4.78, 5) is 3.99. The van der Waals surface area contributed by atoms with Crippen molar-refractivity contribution in [2.75, 3.05) is 17.6 Å². The van der Waals surface area contributed by atoms with Crippen molar-refractivity contribution in [3.05, 3.63) is 41.4 Å². The fourth-order valence-corrected chi connectivity index (χ4v) is 1.83.